The molecule has 0 amide bonds. The van der Waals surface area contributed by atoms with Crippen molar-refractivity contribution in [3.63, 3.8) is 0 Å². The van der Waals surface area contributed by atoms with E-state index in [0.29, 0.717) is 22.4 Å². The summed E-state index contributed by atoms with van der Waals surface area (Å²) in [6.07, 6.45) is 0. The van der Waals surface area contributed by atoms with Gasteiger partial charge in [-0.2, -0.15) is 10.5 Å². The van der Waals surface area contributed by atoms with E-state index < -0.39 is 12.6 Å². The van der Waals surface area contributed by atoms with Gasteiger partial charge in [0.1, 0.15) is 17.7 Å². The molecule has 0 unspecified atom stereocenters. The molecule has 0 spiro atoms. The Bertz CT molecular complexity index is 896. The Balaban J connectivity index is 2.61. The molecule has 25 heavy (non-hydrogen) atoms. The third kappa shape index (κ3) is 3.54. The normalized spacial score (nSPS) is 9.80. The lowest BCUT2D eigenvalue weighted by Crippen LogP contribution is -2.16. The largest absolute Gasteiger partial charge is 0.493 e. The summed E-state index contributed by atoms with van der Waals surface area (Å²) in [6.45, 7) is 1.46. The summed E-state index contributed by atoms with van der Waals surface area (Å²) < 4.78 is 20.5. The molecule has 0 saturated heterocycles. The van der Waals surface area contributed by atoms with Gasteiger partial charge in [0, 0.05) is 11.5 Å². The minimum atomic E-state index is -0.598. The number of methoxy groups -OCH3 is 2. The van der Waals surface area contributed by atoms with Crippen molar-refractivity contribution in [2.75, 3.05) is 27.4 Å². The van der Waals surface area contributed by atoms with Crippen LogP contribution < -0.4 is 14.2 Å². The highest BCUT2D eigenvalue weighted by Gasteiger charge is 2.19. The van der Waals surface area contributed by atoms with Crippen molar-refractivity contribution in [3.05, 3.63) is 23.3 Å². The standard InChI is InChI=1S/C17H15N3O5/c1-4-24-16(21)9-25-17-12(8-19)11(7-18)10-5-14(22-2)15(23-3)6-13(10)20-17/h5-6H,4,9H2,1-3H3. The number of hydrogen-bond acceptors (Lipinski definition) is 8. The van der Waals surface area contributed by atoms with Crippen molar-refractivity contribution in [1.82, 2.24) is 4.98 Å². The molecule has 0 aliphatic heterocycles. The van der Waals surface area contributed by atoms with Crippen molar-refractivity contribution in [2.24, 2.45) is 0 Å². The molecule has 0 fully saturated rings. The van der Waals surface area contributed by atoms with E-state index in [1.807, 2.05) is 12.1 Å². The number of aromatic nitrogens is 1. The van der Waals surface area contributed by atoms with Crippen LogP contribution in [-0.2, 0) is 9.53 Å². The Morgan fingerprint density at radius 1 is 1.12 bits per heavy atom. The van der Waals surface area contributed by atoms with Crippen molar-refractivity contribution < 1.29 is 23.7 Å². The predicted octanol–water partition coefficient (Wildman–Crippen LogP) is 1.94. The van der Waals surface area contributed by atoms with Gasteiger partial charge < -0.3 is 18.9 Å². The van der Waals surface area contributed by atoms with E-state index in [1.165, 1.54) is 14.2 Å². The van der Waals surface area contributed by atoms with Gasteiger partial charge in [0.05, 0.1) is 31.9 Å². The van der Waals surface area contributed by atoms with Gasteiger partial charge in [0.15, 0.2) is 18.1 Å². The first kappa shape index (κ1) is 17.8. The zero-order valence-corrected chi connectivity index (χ0v) is 14.0. The van der Waals surface area contributed by atoms with Gasteiger partial charge in [-0.05, 0) is 13.0 Å². The Kier molecular flexibility index (Phi) is 5.59. The number of rotatable bonds is 6. The Labute approximate surface area is 144 Å². The van der Waals surface area contributed by atoms with Crippen molar-refractivity contribution in [3.8, 4) is 29.5 Å². The molecule has 8 nitrogen and oxygen atoms in total. The summed E-state index contributed by atoms with van der Waals surface area (Å²) in [4.78, 5) is 15.7. The first-order chi connectivity index (χ1) is 12.1. The van der Waals surface area contributed by atoms with Crippen molar-refractivity contribution in [1.29, 1.82) is 10.5 Å². The highest BCUT2D eigenvalue weighted by atomic mass is 16.6. The SMILES string of the molecule is CCOC(=O)COc1nc2cc(OC)c(OC)cc2c(C#N)c1C#N. The first-order valence-electron chi connectivity index (χ1n) is 7.27. The lowest BCUT2D eigenvalue weighted by molar-refractivity contribution is -0.145. The van der Waals surface area contributed by atoms with E-state index in [9.17, 15) is 15.3 Å². The number of carbonyl (C=O) groups excluding carboxylic acids is 1. The van der Waals surface area contributed by atoms with Gasteiger partial charge in [-0.15, -0.1) is 0 Å². The predicted molar refractivity (Wildman–Crippen MR) is 86.4 cm³/mol. The average Bonchev–Trinajstić information content (AvgIpc) is 2.63. The fraction of sp³-hybridized carbons (Fsp3) is 0.294. The van der Waals surface area contributed by atoms with Gasteiger partial charge in [-0.25, -0.2) is 9.78 Å². The molecule has 0 bridgehead atoms. The van der Waals surface area contributed by atoms with Crippen LogP contribution in [0, 0.1) is 22.7 Å². The summed E-state index contributed by atoms with van der Waals surface area (Å²) in [5.41, 5.74) is 0.380. The van der Waals surface area contributed by atoms with E-state index >= 15 is 0 Å². The molecule has 0 radical (unpaired) electrons. The van der Waals surface area contributed by atoms with Crippen LogP contribution in [0.1, 0.15) is 18.1 Å². The van der Waals surface area contributed by atoms with Crippen LogP contribution in [0.25, 0.3) is 10.9 Å². The molecular formula is C17H15N3O5. The molecule has 1 aromatic heterocycles. The van der Waals surface area contributed by atoms with Crippen LogP contribution >= 0.6 is 0 Å². The fourth-order valence-corrected chi connectivity index (χ4v) is 2.22. The Hall–Kier alpha value is -3.52. The number of nitrogens with zero attached hydrogens (tertiary/aromatic N) is 3. The number of ether oxygens (including phenoxy) is 4. The highest BCUT2D eigenvalue weighted by Crippen LogP contribution is 2.35. The number of esters is 1. The summed E-state index contributed by atoms with van der Waals surface area (Å²) in [5, 5.41) is 19.3. The maximum atomic E-state index is 11.5. The number of nitriles is 2. The molecule has 0 saturated carbocycles. The molecule has 0 N–H and O–H groups in total. The highest BCUT2D eigenvalue weighted by molar-refractivity contribution is 5.90. The number of benzene rings is 1. The van der Waals surface area contributed by atoms with Gasteiger partial charge in [-0.3, -0.25) is 0 Å². The smallest absolute Gasteiger partial charge is 0.344 e. The number of fused-ring (bicyclic) bond motifs is 1. The van der Waals surface area contributed by atoms with Crippen LogP contribution in [0.3, 0.4) is 0 Å². The molecule has 0 atom stereocenters. The van der Waals surface area contributed by atoms with Gasteiger partial charge in [0.2, 0.25) is 5.88 Å². The van der Waals surface area contributed by atoms with E-state index in [0.717, 1.165) is 0 Å². The maximum Gasteiger partial charge on any atom is 0.344 e. The third-order valence-electron chi connectivity index (χ3n) is 3.31. The number of pyridine rings is 1. The molecular weight excluding hydrogens is 326 g/mol. The summed E-state index contributed by atoms with van der Waals surface area (Å²) in [6, 6.07) is 7.00. The Morgan fingerprint density at radius 2 is 1.76 bits per heavy atom. The van der Waals surface area contributed by atoms with Crippen molar-refractivity contribution >= 4 is 16.9 Å². The van der Waals surface area contributed by atoms with Crippen LogP contribution in [0.5, 0.6) is 17.4 Å². The van der Waals surface area contributed by atoms with E-state index in [4.69, 9.17) is 18.9 Å². The second-order valence-electron chi connectivity index (χ2n) is 4.71. The molecule has 0 aliphatic rings. The van der Waals surface area contributed by atoms with E-state index in [-0.39, 0.29) is 23.6 Å². The molecule has 2 aromatic rings. The van der Waals surface area contributed by atoms with Crippen LogP contribution in [-0.4, -0.2) is 38.4 Å². The van der Waals surface area contributed by atoms with Gasteiger partial charge in [0.25, 0.3) is 0 Å². The maximum absolute atomic E-state index is 11.5. The average molecular weight is 341 g/mol. The number of hydrogen-bond donors (Lipinski definition) is 0. The van der Waals surface area contributed by atoms with Gasteiger partial charge in [-0.1, -0.05) is 0 Å². The zero-order valence-electron chi connectivity index (χ0n) is 14.0. The lowest BCUT2D eigenvalue weighted by atomic mass is 10.0. The molecule has 1 aromatic carbocycles. The minimum Gasteiger partial charge on any atom is -0.493 e. The molecule has 8 heteroatoms. The number of carbonyl (C=O) groups is 1. The second-order valence-corrected chi connectivity index (χ2v) is 4.71. The molecule has 0 aliphatic carbocycles. The topological polar surface area (TPSA) is 114 Å². The summed E-state index contributed by atoms with van der Waals surface area (Å²) in [5.74, 6) is 0.0933. The molecule has 2 rings (SSSR count). The summed E-state index contributed by atoms with van der Waals surface area (Å²) >= 11 is 0. The first-order valence-corrected chi connectivity index (χ1v) is 7.27. The summed E-state index contributed by atoms with van der Waals surface area (Å²) in [7, 11) is 2.93. The van der Waals surface area contributed by atoms with Crippen LogP contribution in [0.2, 0.25) is 0 Å². The molecule has 128 valence electrons. The Morgan fingerprint density at radius 3 is 2.32 bits per heavy atom. The van der Waals surface area contributed by atoms with Crippen LogP contribution in [0.15, 0.2) is 12.1 Å². The quantitative estimate of drug-likeness (QED) is 0.732. The second kappa shape index (κ2) is 7.84. The van der Waals surface area contributed by atoms with E-state index in [1.54, 1.807) is 19.1 Å². The minimum absolute atomic E-state index is 0.0634. The fourth-order valence-electron chi connectivity index (χ4n) is 2.22. The lowest BCUT2D eigenvalue weighted by Gasteiger charge is -2.12. The van der Waals surface area contributed by atoms with Gasteiger partial charge >= 0.3 is 5.97 Å². The third-order valence-corrected chi connectivity index (χ3v) is 3.31. The van der Waals surface area contributed by atoms with E-state index in [2.05, 4.69) is 4.98 Å². The van der Waals surface area contributed by atoms with Crippen LogP contribution in [0.4, 0.5) is 0 Å². The van der Waals surface area contributed by atoms with Crippen molar-refractivity contribution in [2.45, 2.75) is 6.92 Å². The monoisotopic (exact) mass is 341 g/mol. The zero-order chi connectivity index (χ0) is 18.4. The molecule has 1 heterocycles.